The number of hydrogen-bond donors (Lipinski definition) is 0. The Labute approximate surface area is 128 Å². The summed E-state index contributed by atoms with van der Waals surface area (Å²) in [6.07, 6.45) is 4.39. The molecule has 1 aliphatic carbocycles. The molecule has 0 saturated heterocycles. The predicted molar refractivity (Wildman–Crippen MR) is 80.5 cm³/mol. The van der Waals surface area contributed by atoms with Crippen LogP contribution >= 0.6 is 11.6 Å². The highest BCUT2D eigenvalue weighted by Crippen LogP contribution is 2.45. The van der Waals surface area contributed by atoms with Crippen molar-refractivity contribution in [3.8, 4) is 0 Å². The molecule has 2 nitrogen and oxygen atoms in total. The first kappa shape index (κ1) is 14.8. The van der Waals surface area contributed by atoms with Crippen LogP contribution in [-0.4, -0.2) is 9.55 Å². The number of rotatable bonds is 2. The highest BCUT2D eigenvalue weighted by molar-refractivity contribution is 6.16. The average Bonchev–Trinajstić information content (AvgIpc) is 2.77. The quantitative estimate of drug-likeness (QED) is 0.697. The molecule has 2 aromatic rings. The van der Waals surface area contributed by atoms with Gasteiger partial charge in [0.15, 0.2) is 5.82 Å². The van der Waals surface area contributed by atoms with Crippen LogP contribution in [0.25, 0.3) is 11.0 Å². The molecular weight excluding hydrogens is 294 g/mol. The van der Waals surface area contributed by atoms with Crippen molar-refractivity contribution in [3.63, 3.8) is 0 Å². The van der Waals surface area contributed by atoms with E-state index in [2.05, 4.69) is 18.8 Å². The number of imidazole rings is 1. The van der Waals surface area contributed by atoms with E-state index in [1.54, 1.807) is 0 Å². The van der Waals surface area contributed by atoms with E-state index in [-0.39, 0.29) is 22.9 Å². The Morgan fingerprint density at radius 2 is 2.10 bits per heavy atom. The molecule has 5 heteroatoms. The van der Waals surface area contributed by atoms with Crippen LogP contribution in [0.4, 0.5) is 8.78 Å². The molecule has 3 rings (SSSR count). The molecule has 0 spiro atoms. The lowest BCUT2D eigenvalue weighted by Crippen LogP contribution is -2.31. The maximum atomic E-state index is 14.0. The second-order valence-electron chi connectivity index (χ2n) is 6.54. The Hall–Kier alpha value is -1.16. The topological polar surface area (TPSA) is 17.8 Å². The van der Waals surface area contributed by atoms with Crippen molar-refractivity contribution in [1.82, 2.24) is 9.55 Å². The van der Waals surface area contributed by atoms with E-state index in [1.807, 2.05) is 4.57 Å². The maximum absolute atomic E-state index is 14.0. The fourth-order valence-corrected chi connectivity index (χ4v) is 3.75. The van der Waals surface area contributed by atoms with Crippen molar-refractivity contribution in [2.24, 2.45) is 5.41 Å². The summed E-state index contributed by atoms with van der Waals surface area (Å²) >= 11 is 6.01. The van der Waals surface area contributed by atoms with Gasteiger partial charge in [-0.15, -0.1) is 11.6 Å². The van der Waals surface area contributed by atoms with Gasteiger partial charge in [-0.25, -0.2) is 13.8 Å². The van der Waals surface area contributed by atoms with Gasteiger partial charge in [-0.2, -0.15) is 0 Å². The van der Waals surface area contributed by atoms with Crippen molar-refractivity contribution in [1.29, 1.82) is 0 Å². The normalized spacial score (nSPS) is 21.9. The van der Waals surface area contributed by atoms with Gasteiger partial charge >= 0.3 is 0 Å². The molecule has 0 radical (unpaired) electrons. The lowest BCUT2D eigenvalue weighted by molar-refractivity contribution is 0.145. The van der Waals surface area contributed by atoms with Gasteiger partial charge in [-0.05, 0) is 24.3 Å². The van der Waals surface area contributed by atoms with Crippen LogP contribution in [0.3, 0.4) is 0 Å². The third-order valence-corrected chi connectivity index (χ3v) is 4.91. The average molecular weight is 313 g/mol. The van der Waals surface area contributed by atoms with Crippen LogP contribution in [0.1, 0.15) is 51.4 Å². The molecule has 0 aliphatic heterocycles. The largest absolute Gasteiger partial charge is 0.323 e. The van der Waals surface area contributed by atoms with Crippen LogP contribution in [-0.2, 0) is 5.88 Å². The molecule has 1 atom stereocenters. The lowest BCUT2D eigenvalue weighted by Gasteiger charge is -2.40. The zero-order chi connectivity index (χ0) is 15.2. The van der Waals surface area contributed by atoms with E-state index in [1.165, 1.54) is 12.5 Å². The summed E-state index contributed by atoms with van der Waals surface area (Å²) in [6.45, 7) is 4.41. The summed E-state index contributed by atoms with van der Waals surface area (Å²) in [4.78, 5) is 4.30. The molecule has 1 fully saturated rings. The van der Waals surface area contributed by atoms with Crippen molar-refractivity contribution >= 4 is 22.6 Å². The van der Waals surface area contributed by atoms with Crippen molar-refractivity contribution in [2.75, 3.05) is 0 Å². The van der Waals surface area contributed by atoms with Gasteiger partial charge in [0.2, 0.25) is 0 Å². The van der Waals surface area contributed by atoms with E-state index in [0.29, 0.717) is 11.3 Å². The molecule has 1 aliphatic rings. The van der Waals surface area contributed by atoms with E-state index < -0.39 is 11.6 Å². The first-order chi connectivity index (χ1) is 9.94. The Kier molecular flexibility index (Phi) is 3.68. The van der Waals surface area contributed by atoms with E-state index >= 15 is 0 Å². The van der Waals surface area contributed by atoms with Gasteiger partial charge in [-0.1, -0.05) is 26.7 Å². The number of hydrogen-bond acceptors (Lipinski definition) is 1. The highest BCUT2D eigenvalue weighted by Gasteiger charge is 2.35. The van der Waals surface area contributed by atoms with Crippen molar-refractivity contribution in [3.05, 3.63) is 29.6 Å². The number of fused-ring (bicyclic) bond motifs is 1. The van der Waals surface area contributed by atoms with E-state index in [4.69, 9.17) is 11.6 Å². The fourth-order valence-electron chi connectivity index (χ4n) is 3.56. The van der Waals surface area contributed by atoms with Crippen LogP contribution in [0.2, 0.25) is 0 Å². The van der Waals surface area contributed by atoms with Gasteiger partial charge in [0.05, 0.1) is 11.4 Å². The SMILES string of the molecule is CC1(C)CCCCC1n1c(CCl)nc2c(F)cc(F)cc21. The van der Waals surface area contributed by atoms with E-state index in [0.717, 1.165) is 25.3 Å². The molecule has 0 bridgehead atoms. The first-order valence-corrected chi connectivity index (χ1v) is 7.89. The smallest absolute Gasteiger partial charge is 0.153 e. The second-order valence-corrected chi connectivity index (χ2v) is 6.80. The molecule has 1 aromatic heterocycles. The Morgan fingerprint density at radius 3 is 2.76 bits per heavy atom. The van der Waals surface area contributed by atoms with Crippen LogP contribution in [0.5, 0.6) is 0 Å². The minimum atomic E-state index is -0.622. The maximum Gasteiger partial charge on any atom is 0.153 e. The molecule has 1 unspecified atom stereocenters. The van der Waals surface area contributed by atoms with Crippen LogP contribution in [0.15, 0.2) is 12.1 Å². The Morgan fingerprint density at radius 1 is 1.33 bits per heavy atom. The summed E-state index contributed by atoms with van der Waals surface area (Å²) in [5.74, 6) is -0.377. The molecule has 21 heavy (non-hydrogen) atoms. The fraction of sp³-hybridized carbons (Fsp3) is 0.562. The molecule has 0 amide bonds. The molecular formula is C16H19ClF2N2. The third-order valence-electron chi connectivity index (χ3n) is 4.67. The third kappa shape index (κ3) is 2.44. The molecule has 1 aromatic carbocycles. The van der Waals surface area contributed by atoms with E-state index in [9.17, 15) is 8.78 Å². The summed E-state index contributed by atoms with van der Waals surface area (Å²) in [5, 5.41) is 0. The summed E-state index contributed by atoms with van der Waals surface area (Å²) in [6, 6.07) is 2.42. The zero-order valence-electron chi connectivity index (χ0n) is 12.3. The van der Waals surface area contributed by atoms with Gasteiger partial charge in [-0.3, -0.25) is 0 Å². The number of nitrogens with zero attached hydrogens (tertiary/aromatic N) is 2. The summed E-state index contributed by atoms with van der Waals surface area (Å²) < 4.78 is 29.6. The molecule has 0 N–H and O–H groups in total. The zero-order valence-corrected chi connectivity index (χ0v) is 13.1. The minimum absolute atomic E-state index is 0.0650. The summed E-state index contributed by atoms with van der Waals surface area (Å²) in [5.41, 5.74) is 0.798. The monoisotopic (exact) mass is 312 g/mol. The predicted octanol–water partition coefficient (Wildman–Crippen LogP) is 5.19. The van der Waals surface area contributed by atoms with Crippen LogP contribution in [0, 0.1) is 17.0 Å². The first-order valence-electron chi connectivity index (χ1n) is 7.36. The van der Waals surface area contributed by atoms with Crippen molar-refractivity contribution in [2.45, 2.75) is 51.5 Å². The molecule has 114 valence electrons. The number of halogens is 3. The van der Waals surface area contributed by atoms with Gasteiger partial charge < -0.3 is 4.57 Å². The number of benzene rings is 1. The van der Waals surface area contributed by atoms with Gasteiger partial charge in [0.1, 0.15) is 17.2 Å². The Balaban J connectivity index is 2.25. The van der Waals surface area contributed by atoms with Crippen LogP contribution < -0.4 is 0 Å². The molecule has 1 saturated carbocycles. The van der Waals surface area contributed by atoms with Gasteiger partial charge in [0.25, 0.3) is 0 Å². The van der Waals surface area contributed by atoms with Gasteiger partial charge in [0, 0.05) is 12.1 Å². The number of alkyl halides is 1. The number of aromatic nitrogens is 2. The lowest BCUT2D eigenvalue weighted by atomic mass is 9.73. The Bertz CT molecular complexity index is 678. The summed E-state index contributed by atoms with van der Waals surface area (Å²) in [7, 11) is 0. The standard InChI is InChI=1S/C16H19ClF2N2/c1-16(2)6-4-3-5-13(16)21-12-8-10(18)7-11(19)15(12)20-14(21)9-17/h7-8,13H,3-6,9H2,1-2H3. The highest BCUT2D eigenvalue weighted by atomic mass is 35.5. The van der Waals surface area contributed by atoms with Crippen molar-refractivity contribution < 1.29 is 8.78 Å². The second kappa shape index (κ2) is 5.24. The molecule has 1 heterocycles. The minimum Gasteiger partial charge on any atom is -0.323 e.